The van der Waals surface area contributed by atoms with Crippen LogP contribution in [0.5, 0.6) is 0 Å². The first-order valence-corrected chi connectivity index (χ1v) is 11.6. The molecule has 0 bridgehead atoms. The third-order valence-electron chi connectivity index (χ3n) is 4.88. The number of aryl methyl sites for hydroxylation is 1. The van der Waals surface area contributed by atoms with Gasteiger partial charge in [-0.05, 0) is 39.0 Å². The van der Waals surface area contributed by atoms with Gasteiger partial charge in [-0.25, -0.2) is 13.2 Å². The van der Waals surface area contributed by atoms with Gasteiger partial charge in [0.1, 0.15) is 4.90 Å². The van der Waals surface area contributed by atoms with Crippen molar-refractivity contribution in [2.75, 3.05) is 19.7 Å². The molecule has 1 fully saturated rings. The molecule has 7 nitrogen and oxygen atoms in total. The van der Waals surface area contributed by atoms with E-state index in [-0.39, 0.29) is 46.6 Å². The molecule has 166 valence electrons. The minimum absolute atomic E-state index is 0.000852. The summed E-state index contributed by atoms with van der Waals surface area (Å²) in [6, 6.07) is 10.8. The second-order valence-corrected chi connectivity index (χ2v) is 9.90. The Hall–Kier alpha value is -2.26. The SMILES string of the molecule is Cc1ccc(C(=O)COC(=O)c2ccc(Cl)c(S(=O)(=O)N3CC(C)OC(C)C3)c2)cc1. The lowest BCUT2D eigenvalue weighted by Gasteiger charge is -2.34. The monoisotopic (exact) mass is 465 g/mol. The quantitative estimate of drug-likeness (QED) is 0.479. The van der Waals surface area contributed by atoms with Gasteiger partial charge in [-0.2, -0.15) is 4.31 Å². The maximum absolute atomic E-state index is 13.1. The molecule has 0 N–H and O–H groups in total. The van der Waals surface area contributed by atoms with Crippen molar-refractivity contribution in [3.63, 3.8) is 0 Å². The number of hydrogen-bond acceptors (Lipinski definition) is 6. The summed E-state index contributed by atoms with van der Waals surface area (Å²) < 4.78 is 38.3. The van der Waals surface area contributed by atoms with E-state index in [1.165, 1.54) is 22.5 Å². The zero-order valence-electron chi connectivity index (χ0n) is 17.5. The van der Waals surface area contributed by atoms with Gasteiger partial charge < -0.3 is 9.47 Å². The first-order valence-electron chi connectivity index (χ1n) is 9.80. The number of ketones is 1. The molecule has 2 atom stereocenters. The Morgan fingerprint density at radius 3 is 2.26 bits per heavy atom. The molecule has 1 aliphatic heterocycles. The third kappa shape index (κ3) is 5.51. The summed E-state index contributed by atoms with van der Waals surface area (Å²) in [7, 11) is -3.95. The number of Topliss-reactive ketones (excluding diaryl/α,β-unsaturated/α-hetero) is 1. The lowest BCUT2D eigenvalue weighted by molar-refractivity contribution is -0.0440. The molecule has 0 radical (unpaired) electrons. The molecule has 0 aromatic heterocycles. The molecule has 2 aromatic carbocycles. The fourth-order valence-corrected chi connectivity index (χ4v) is 5.42. The van der Waals surface area contributed by atoms with Crippen molar-refractivity contribution in [1.29, 1.82) is 0 Å². The van der Waals surface area contributed by atoms with E-state index in [9.17, 15) is 18.0 Å². The minimum Gasteiger partial charge on any atom is -0.454 e. The average Bonchev–Trinajstić information content (AvgIpc) is 2.71. The summed E-state index contributed by atoms with van der Waals surface area (Å²) >= 11 is 6.15. The van der Waals surface area contributed by atoms with Crippen molar-refractivity contribution in [1.82, 2.24) is 4.31 Å². The van der Waals surface area contributed by atoms with Crippen molar-refractivity contribution in [2.45, 2.75) is 37.9 Å². The minimum atomic E-state index is -3.95. The number of carbonyl (C=O) groups excluding carboxylic acids is 2. The normalized spacial score (nSPS) is 19.7. The smallest absolute Gasteiger partial charge is 0.338 e. The molecule has 9 heteroatoms. The molecule has 1 saturated heterocycles. The van der Waals surface area contributed by atoms with Gasteiger partial charge in [0.05, 0.1) is 22.8 Å². The van der Waals surface area contributed by atoms with Crippen molar-refractivity contribution < 1.29 is 27.5 Å². The lowest BCUT2D eigenvalue weighted by atomic mass is 10.1. The Balaban J connectivity index is 1.76. The number of benzene rings is 2. The van der Waals surface area contributed by atoms with Gasteiger partial charge in [0.25, 0.3) is 0 Å². The first-order chi connectivity index (χ1) is 14.6. The number of hydrogen-bond donors (Lipinski definition) is 0. The van der Waals surface area contributed by atoms with Gasteiger partial charge in [0, 0.05) is 18.7 Å². The maximum atomic E-state index is 13.1. The number of nitrogens with zero attached hydrogens (tertiary/aromatic N) is 1. The average molecular weight is 466 g/mol. The Labute approximate surface area is 187 Å². The van der Waals surface area contributed by atoms with Crippen LogP contribution in [0.3, 0.4) is 0 Å². The molecule has 0 aliphatic carbocycles. The molecule has 1 heterocycles. The van der Waals surface area contributed by atoms with E-state index in [2.05, 4.69) is 0 Å². The number of carbonyl (C=O) groups is 2. The molecule has 2 aromatic rings. The molecule has 3 rings (SSSR count). The number of esters is 1. The Kier molecular flexibility index (Phi) is 7.16. The summed E-state index contributed by atoms with van der Waals surface area (Å²) in [5, 5.41) is -0.000852. The van der Waals surface area contributed by atoms with Gasteiger partial charge in [-0.3, -0.25) is 4.79 Å². The topological polar surface area (TPSA) is 90.0 Å². The molecular formula is C22H24ClNO6S. The van der Waals surface area contributed by atoms with Crippen LogP contribution in [0.1, 0.15) is 40.1 Å². The number of sulfonamides is 1. The van der Waals surface area contributed by atoms with Crippen LogP contribution in [0.4, 0.5) is 0 Å². The molecule has 0 saturated carbocycles. The fourth-order valence-electron chi connectivity index (χ4n) is 3.33. The molecular weight excluding hydrogens is 442 g/mol. The summed E-state index contributed by atoms with van der Waals surface area (Å²) in [6.07, 6.45) is -0.531. The van der Waals surface area contributed by atoms with E-state index in [4.69, 9.17) is 21.1 Å². The zero-order valence-corrected chi connectivity index (χ0v) is 19.1. The summed E-state index contributed by atoms with van der Waals surface area (Å²) in [4.78, 5) is 24.5. The van der Waals surface area contributed by atoms with Crippen molar-refractivity contribution in [2.24, 2.45) is 0 Å². The Morgan fingerprint density at radius 2 is 1.65 bits per heavy atom. The van der Waals surface area contributed by atoms with E-state index in [0.717, 1.165) is 5.56 Å². The Morgan fingerprint density at radius 1 is 1.06 bits per heavy atom. The molecule has 31 heavy (non-hydrogen) atoms. The fraction of sp³-hybridized carbons (Fsp3) is 0.364. The van der Waals surface area contributed by atoms with Crippen LogP contribution in [0, 0.1) is 6.92 Å². The van der Waals surface area contributed by atoms with Crippen LogP contribution in [-0.2, 0) is 19.5 Å². The van der Waals surface area contributed by atoms with E-state index in [1.54, 1.807) is 38.1 Å². The van der Waals surface area contributed by atoms with Crippen LogP contribution < -0.4 is 0 Å². The Bertz CT molecular complexity index is 1070. The van der Waals surface area contributed by atoms with Crippen LogP contribution in [-0.4, -0.2) is 56.4 Å². The van der Waals surface area contributed by atoms with Crippen molar-refractivity contribution >= 4 is 33.4 Å². The van der Waals surface area contributed by atoms with E-state index in [1.807, 2.05) is 6.92 Å². The first kappa shape index (κ1) is 23.4. The van der Waals surface area contributed by atoms with Crippen LogP contribution in [0.15, 0.2) is 47.4 Å². The predicted octanol–water partition coefficient (Wildman–Crippen LogP) is 3.49. The third-order valence-corrected chi connectivity index (χ3v) is 7.19. The van der Waals surface area contributed by atoms with Gasteiger partial charge in [0.2, 0.25) is 10.0 Å². The van der Waals surface area contributed by atoms with Gasteiger partial charge in [-0.1, -0.05) is 41.4 Å². The van der Waals surface area contributed by atoms with E-state index >= 15 is 0 Å². The standard InChI is InChI=1S/C22H24ClNO6S/c1-14-4-6-17(7-5-14)20(25)13-29-22(26)18-8-9-19(23)21(10-18)31(27,28)24-11-15(2)30-16(3)12-24/h4-10,15-16H,11-13H2,1-3H3. The lowest BCUT2D eigenvalue weighted by Crippen LogP contribution is -2.48. The van der Waals surface area contributed by atoms with Crippen molar-refractivity contribution in [3.05, 3.63) is 64.2 Å². The van der Waals surface area contributed by atoms with Gasteiger partial charge >= 0.3 is 5.97 Å². The predicted molar refractivity (Wildman–Crippen MR) is 116 cm³/mol. The molecule has 0 amide bonds. The van der Waals surface area contributed by atoms with Crippen LogP contribution >= 0.6 is 11.6 Å². The summed E-state index contributed by atoms with van der Waals surface area (Å²) in [5.41, 5.74) is 1.43. The highest BCUT2D eigenvalue weighted by atomic mass is 35.5. The molecule has 2 unspecified atom stereocenters. The molecule has 1 aliphatic rings. The van der Waals surface area contributed by atoms with E-state index < -0.39 is 22.6 Å². The summed E-state index contributed by atoms with van der Waals surface area (Å²) in [6.45, 7) is 5.40. The highest BCUT2D eigenvalue weighted by molar-refractivity contribution is 7.89. The number of halogens is 1. The second-order valence-electron chi connectivity index (χ2n) is 7.59. The largest absolute Gasteiger partial charge is 0.454 e. The van der Waals surface area contributed by atoms with Gasteiger partial charge in [0.15, 0.2) is 12.4 Å². The number of ether oxygens (including phenoxy) is 2. The van der Waals surface area contributed by atoms with Crippen molar-refractivity contribution in [3.8, 4) is 0 Å². The van der Waals surface area contributed by atoms with Crippen LogP contribution in [0.2, 0.25) is 5.02 Å². The number of rotatable bonds is 6. The van der Waals surface area contributed by atoms with Gasteiger partial charge in [-0.15, -0.1) is 0 Å². The molecule has 0 spiro atoms. The summed E-state index contributed by atoms with van der Waals surface area (Å²) in [5.74, 6) is -1.16. The maximum Gasteiger partial charge on any atom is 0.338 e. The van der Waals surface area contributed by atoms with Crippen LogP contribution in [0.25, 0.3) is 0 Å². The van der Waals surface area contributed by atoms with E-state index in [0.29, 0.717) is 5.56 Å². The second kappa shape index (κ2) is 9.48. The zero-order chi connectivity index (χ0) is 22.8. The number of morpholine rings is 1. The highest BCUT2D eigenvalue weighted by Gasteiger charge is 2.34. The highest BCUT2D eigenvalue weighted by Crippen LogP contribution is 2.28.